The molecule has 2 aromatic rings. The molecule has 0 unspecified atom stereocenters. The summed E-state index contributed by atoms with van der Waals surface area (Å²) in [7, 11) is 0. The van der Waals surface area contributed by atoms with E-state index < -0.39 is 0 Å². The van der Waals surface area contributed by atoms with Crippen molar-refractivity contribution in [2.24, 2.45) is 0 Å². The summed E-state index contributed by atoms with van der Waals surface area (Å²) in [5.41, 5.74) is 0.966. The smallest absolute Gasteiger partial charge is 0.251 e. The van der Waals surface area contributed by atoms with Gasteiger partial charge < -0.3 is 15.4 Å². The predicted octanol–water partition coefficient (Wildman–Crippen LogP) is 3.11. The summed E-state index contributed by atoms with van der Waals surface area (Å²) in [5.74, 6) is 0.0141. The Morgan fingerprint density at radius 1 is 1.09 bits per heavy atom. The zero-order chi connectivity index (χ0) is 16.7. The summed E-state index contributed by atoms with van der Waals surface area (Å²) >= 11 is 5.95. The van der Waals surface area contributed by atoms with Crippen LogP contribution in [-0.2, 0) is 4.79 Å². The SMILES string of the molecule is CCOc1ccc(C(=O)NCC(=O)Nc2ccccc2Cl)cc1. The van der Waals surface area contributed by atoms with Crippen LogP contribution in [0.5, 0.6) is 5.75 Å². The number of carbonyl (C=O) groups is 2. The molecule has 0 fully saturated rings. The highest BCUT2D eigenvalue weighted by Gasteiger charge is 2.09. The van der Waals surface area contributed by atoms with Gasteiger partial charge in [-0.05, 0) is 43.3 Å². The first kappa shape index (κ1) is 16.8. The van der Waals surface area contributed by atoms with E-state index in [1.54, 1.807) is 48.5 Å². The monoisotopic (exact) mass is 332 g/mol. The van der Waals surface area contributed by atoms with Crippen LogP contribution in [0.15, 0.2) is 48.5 Å². The number of nitrogens with one attached hydrogen (secondary N) is 2. The molecule has 5 nitrogen and oxygen atoms in total. The average molecular weight is 333 g/mol. The molecule has 23 heavy (non-hydrogen) atoms. The van der Waals surface area contributed by atoms with E-state index in [1.807, 2.05) is 6.92 Å². The number of benzene rings is 2. The van der Waals surface area contributed by atoms with E-state index in [1.165, 1.54) is 0 Å². The number of para-hydroxylation sites is 1. The molecule has 6 heteroatoms. The first-order valence-electron chi connectivity index (χ1n) is 7.15. The van der Waals surface area contributed by atoms with E-state index in [4.69, 9.17) is 16.3 Å². The Morgan fingerprint density at radius 3 is 2.43 bits per heavy atom. The standard InChI is InChI=1S/C17H17ClN2O3/c1-2-23-13-9-7-12(8-10-13)17(22)19-11-16(21)20-15-6-4-3-5-14(15)18/h3-10H,2,11H2,1H3,(H,19,22)(H,20,21). The molecule has 0 heterocycles. The highest BCUT2D eigenvalue weighted by atomic mass is 35.5. The van der Waals surface area contributed by atoms with Gasteiger partial charge in [-0.25, -0.2) is 0 Å². The van der Waals surface area contributed by atoms with Gasteiger partial charge in [0, 0.05) is 5.56 Å². The Morgan fingerprint density at radius 2 is 1.78 bits per heavy atom. The van der Waals surface area contributed by atoms with Crippen LogP contribution in [0.1, 0.15) is 17.3 Å². The normalized spacial score (nSPS) is 10.0. The number of hydrogen-bond donors (Lipinski definition) is 2. The van der Waals surface area contributed by atoms with Crippen molar-refractivity contribution >= 4 is 29.1 Å². The fourth-order valence-corrected chi connectivity index (χ4v) is 2.07. The van der Waals surface area contributed by atoms with Crippen LogP contribution in [-0.4, -0.2) is 25.0 Å². The van der Waals surface area contributed by atoms with Gasteiger partial charge in [0.1, 0.15) is 5.75 Å². The summed E-state index contributed by atoms with van der Waals surface area (Å²) in [6.07, 6.45) is 0. The Labute approximate surface area is 139 Å². The Kier molecular flexibility index (Phi) is 6.00. The van der Waals surface area contributed by atoms with E-state index in [-0.39, 0.29) is 18.4 Å². The quantitative estimate of drug-likeness (QED) is 0.854. The van der Waals surface area contributed by atoms with Crippen molar-refractivity contribution in [3.05, 3.63) is 59.1 Å². The van der Waals surface area contributed by atoms with E-state index in [2.05, 4.69) is 10.6 Å². The Bertz CT molecular complexity index is 686. The van der Waals surface area contributed by atoms with Gasteiger partial charge in [0.25, 0.3) is 5.91 Å². The molecule has 0 radical (unpaired) electrons. The van der Waals surface area contributed by atoms with Gasteiger partial charge in [-0.3, -0.25) is 9.59 Å². The molecule has 0 aliphatic heterocycles. The second kappa shape index (κ2) is 8.19. The van der Waals surface area contributed by atoms with Crippen molar-refractivity contribution in [3.8, 4) is 5.75 Å². The molecule has 0 atom stereocenters. The number of halogens is 1. The lowest BCUT2D eigenvalue weighted by molar-refractivity contribution is -0.115. The fourth-order valence-electron chi connectivity index (χ4n) is 1.89. The maximum Gasteiger partial charge on any atom is 0.251 e. The number of ether oxygens (including phenoxy) is 1. The van der Waals surface area contributed by atoms with Gasteiger partial charge in [-0.15, -0.1) is 0 Å². The minimum atomic E-state index is -0.350. The number of anilines is 1. The largest absolute Gasteiger partial charge is 0.494 e. The van der Waals surface area contributed by atoms with Crippen LogP contribution in [0.25, 0.3) is 0 Å². The van der Waals surface area contributed by atoms with Crippen LogP contribution in [0.3, 0.4) is 0 Å². The average Bonchev–Trinajstić information content (AvgIpc) is 2.56. The minimum Gasteiger partial charge on any atom is -0.494 e. The summed E-state index contributed by atoms with van der Waals surface area (Å²) in [4.78, 5) is 23.8. The molecule has 2 N–H and O–H groups in total. The van der Waals surface area contributed by atoms with Crippen molar-refractivity contribution < 1.29 is 14.3 Å². The molecule has 2 amide bonds. The summed E-state index contributed by atoms with van der Waals surface area (Å²) in [5, 5.41) is 5.64. The third-order valence-corrected chi connectivity index (χ3v) is 3.31. The third-order valence-electron chi connectivity index (χ3n) is 2.98. The van der Waals surface area contributed by atoms with Crippen molar-refractivity contribution in [1.29, 1.82) is 0 Å². The number of carbonyl (C=O) groups excluding carboxylic acids is 2. The zero-order valence-corrected chi connectivity index (χ0v) is 13.4. The molecule has 0 spiro atoms. The molecular weight excluding hydrogens is 316 g/mol. The topological polar surface area (TPSA) is 67.4 Å². The van der Waals surface area contributed by atoms with Crippen molar-refractivity contribution in [1.82, 2.24) is 5.32 Å². The van der Waals surface area contributed by atoms with E-state index in [0.717, 1.165) is 0 Å². The van der Waals surface area contributed by atoms with Crippen molar-refractivity contribution in [3.63, 3.8) is 0 Å². The van der Waals surface area contributed by atoms with Gasteiger partial charge in [-0.2, -0.15) is 0 Å². The maximum atomic E-state index is 12.0. The van der Waals surface area contributed by atoms with Gasteiger partial charge >= 0.3 is 0 Å². The van der Waals surface area contributed by atoms with Crippen LogP contribution >= 0.6 is 11.6 Å². The second-order valence-corrected chi connectivity index (χ2v) is 5.08. The molecule has 2 aromatic carbocycles. The van der Waals surface area contributed by atoms with Gasteiger partial charge in [-0.1, -0.05) is 23.7 Å². The molecule has 0 aliphatic rings. The third kappa shape index (κ3) is 5.00. The lowest BCUT2D eigenvalue weighted by Gasteiger charge is -2.09. The summed E-state index contributed by atoms with van der Waals surface area (Å²) < 4.78 is 5.31. The Balaban J connectivity index is 1.86. The molecule has 120 valence electrons. The first-order chi connectivity index (χ1) is 11.1. The van der Waals surface area contributed by atoms with Crippen molar-refractivity contribution in [2.45, 2.75) is 6.92 Å². The van der Waals surface area contributed by atoms with Gasteiger partial charge in [0.15, 0.2) is 0 Å². The molecule has 0 saturated heterocycles. The summed E-state index contributed by atoms with van der Waals surface area (Å²) in [6.45, 7) is 2.31. The van der Waals surface area contributed by atoms with Crippen LogP contribution in [0.4, 0.5) is 5.69 Å². The molecular formula is C17H17ClN2O3. The summed E-state index contributed by atoms with van der Waals surface area (Å²) in [6, 6.07) is 13.6. The molecule has 2 rings (SSSR count). The van der Waals surface area contributed by atoms with E-state index in [9.17, 15) is 9.59 Å². The maximum absolute atomic E-state index is 12.0. The Hall–Kier alpha value is -2.53. The molecule has 0 saturated carbocycles. The number of amides is 2. The van der Waals surface area contributed by atoms with Gasteiger partial charge in [0.2, 0.25) is 5.91 Å². The van der Waals surface area contributed by atoms with E-state index >= 15 is 0 Å². The van der Waals surface area contributed by atoms with Crippen molar-refractivity contribution in [2.75, 3.05) is 18.5 Å². The molecule has 0 bridgehead atoms. The highest BCUT2D eigenvalue weighted by Crippen LogP contribution is 2.20. The first-order valence-corrected chi connectivity index (χ1v) is 7.53. The van der Waals surface area contributed by atoms with Crippen LogP contribution in [0, 0.1) is 0 Å². The number of rotatable bonds is 6. The van der Waals surface area contributed by atoms with E-state index in [0.29, 0.717) is 28.6 Å². The lowest BCUT2D eigenvalue weighted by atomic mass is 10.2. The fraction of sp³-hybridized carbons (Fsp3) is 0.176. The zero-order valence-electron chi connectivity index (χ0n) is 12.6. The number of hydrogen-bond acceptors (Lipinski definition) is 3. The van der Waals surface area contributed by atoms with Crippen LogP contribution in [0.2, 0.25) is 5.02 Å². The lowest BCUT2D eigenvalue weighted by Crippen LogP contribution is -2.32. The predicted molar refractivity (Wildman–Crippen MR) is 90.0 cm³/mol. The highest BCUT2D eigenvalue weighted by molar-refractivity contribution is 6.33. The minimum absolute atomic E-state index is 0.142. The van der Waals surface area contributed by atoms with Crippen LogP contribution < -0.4 is 15.4 Å². The van der Waals surface area contributed by atoms with Gasteiger partial charge in [0.05, 0.1) is 23.9 Å². The molecule has 0 aromatic heterocycles. The second-order valence-electron chi connectivity index (χ2n) is 4.67. The molecule has 0 aliphatic carbocycles.